The lowest BCUT2D eigenvalue weighted by Crippen LogP contribution is -2.20. The highest BCUT2D eigenvalue weighted by Crippen LogP contribution is 2.15. The van der Waals surface area contributed by atoms with Crippen molar-refractivity contribution < 1.29 is 5.11 Å². The van der Waals surface area contributed by atoms with Gasteiger partial charge in [0.2, 0.25) is 0 Å². The Bertz CT molecular complexity index is 642. The van der Waals surface area contributed by atoms with Gasteiger partial charge in [0.25, 0.3) is 0 Å². The molecule has 1 aromatic carbocycles. The van der Waals surface area contributed by atoms with E-state index in [1.165, 1.54) is 6.33 Å². The normalized spacial score (nSPS) is 11.7. The minimum absolute atomic E-state index is 0.0693. The molecule has 0 radical (unpaired) electrons. The Balaban J connectivity index is 1.95. The van der Waals surface area contributed by atoms with E-state index < -0.39 is 0 Å². The number of hydrogen-bond donors (Lipinski definition) is 2. The quantitative estimate of drug-likeness (QED) is 0.838. The van der Waals surface area contributed by atoms with Crippen molar-refractivity contribution in [3.63, 3.8) is 0 Å². The maximum absolute atomic E-state index is 9.50. The van der Waals surface area contributed by atoms with Crippen molar-refractivity contribution in [2.75, 3.05) is 18.5 Å². The number of nitrogens with one attached hydrogen (secondary N) is 1. The SMILES string of the molecule is N#Cc1cc(NC[C@H](CO)Cc2cccc(Br)c2)ncn1. The van der Waals surface area contributed by atoms with Gasteiger partial charge in [0, 0.05) is 29.6 Å². The van der Waals surface area contributed by atoms with E-state index in [4.69, 9.17) is 5.26 Å². The van der Waals surface area contributed by atoms with E-state index in [0.29, 0.717) is 18.1 Å². The molecule has 0 aliphatic heterocycles. The van der Waals surface area contributed by atoms with Crippen LogP contribution in [0.4, 0.5) is 5.82 Å². The Morgan fingerprint density at radius 1 is 1.33 bits per heavy atom. The van der Waals surface area contributed by atoms with Gasteiger partial charge in [0.15, 0.2) is 0 Å². The fourth-order valence-electron chi connectivity index (χ4n) is 1.96. The van der Waals surface area contributed by atoms with Crippen LogP contribution in [-0.4, -0.2) is 28.2 Å². The zero-order valence-corrected chi connectivity index (χ0v) is 12.9. The van der Waals surface area contributed by atoms with Gasteiger partial charge in [-0.2, -0.15) is 5.26 Å². The number of aliphatic hydroxyl groups excluding tert-OH is 1. The summed E-state index contributed by atoms with van der Waals surface area (Å²) < 4.78 is 1.03. The summed E-state index contributed by atoms with van der Waals surface area (Å²) in [5, 5.41) is 21.4. The van der Waals surface area contributed by atoms with Crippen LogP contribution in [0.2, 0.25) is 0 Å². The molecule has 0 bridgehead atoms. The molecule has 108 valence electrons. The maximum atomic E-state index is 9.50. The van der Waals surface area contributed by atoms with Gasteiger partial charge < -0.3 is 10.4 Å². The van der Waals surface area contributed by atoms with Crippen LogP contribution in [0.5, 0.6) is 0 Å². The molecule has 2 N–H and O–H groups in total. The maximum Gasteiger partial charge on any atom is 0.145 e. The summed E-state index contributed by atoms with van der Waals surface area (Å²) in [4.78, 5) is 7.87. The highest BCUT2D eigenvalue weighted by atomic mass is 79.9. The van der Waals surface area contributed by atoms with Crippen LogP contribution in [0.1, 0.15) is 11.3 Å². The molecule has 0 saturated heterocycles. The first kappa shape index (κ1) is 15.4. The van der Waals surface area contributed by atoms with Gasteiger partial charge >= 0.3 is 0 Å². The van der Waals surface area contributed by atoms with Crippen LogP contribution in [-0.2, 0) is 6.42 Å². The number of aromatic nitrogens is 2. The van der Waals surface area contributed by atoms with E-state index in [-0.39, 0.29) is 12.5 Å². The molecule has 1 aromatic heterocycles. The summed E-state index contributed by atoms with van der Waals surface area (Å²) in [5.41, 5.74) is 1.48. The molecule has 1 heterocycles. The van der Waals surface area contributed by atoms with Gasteiger partial charge in [0.05, 0.1) is 0 Å². The minimum atomic E-state index is 0.0693. The topological polar surface area (TPSA) is 81.8 Å². The van der Waals surface area contributed by atoms with Crippen molar-refractivity contribution in [3.05, 3.63) is 52.4 Å². The Kier molecular flexibility index (Phi) is 5.67. The zero-order valence-electron chi connectivity index (χ0n) is 11.3. The third kappa shape index (κ3) is 4.81. The van der Waals surface area contributed by atoms with Crippen LogP contribution in [0.15, 0.2) is 41.1 Å². The standard InChI is InChI=1S/C15H15BrN4O/c16-13-3-1-2-11(5-13)4-12(9-21)8-18-15-6-14(7-17)19-10-20-15/h1-3,5-6,10,12,21H,4,8-9H2,(H,18,19,20)/t12-/m1/s1. The van der Waals surface area contributed by atoms with Crippen molar-refractivity contribution in [2.45, 2.75) is 6.42 Å². The van der Waals surface area contributed by atoms with E-state index in [1.54, 1.807) is 6.07 Å². The lowest BCUT2D eigenvalue weighted by atomic mass is 10.00. The molecule has 2 aromatic rings. The molecule has 0 saturated carbocycles. The van der Waals surface area contributed by atoms with Gasteiger partial charge in [-0.3, -0.25) is 0 Å². The van der Waals surface area contributed by atoms with Gasteiger partial charge in [-0.05, 0) is 24.1 Å². The average molecular weight is 347 g/mol. The first-order valence-electron chi connectivity index (χ1n) is 6.52. The Hall–Kier alpha value is -1.97. The average Bonchev–Trinajstić information content (AvgIpc) is 2.51. The molecule has 1 atom stereocenters. The number of benzene rings is 1. The summed E-state index contributed by atoms with van der Waals surface area (Å²) in [5.74, 6) is 0.661. The second kappa shape index (κ2) is 7.72. The number of halogens is 1. The summed E-state index contributed by atoms with van der Waals surface area (Å²) in [6.45, 7) is 0.653. The van der Waals surface area contributed by atoms with Crippen LogP contribution in [0, 0.1) is 17.2 Å². The summed E-state index contributed by atoms with van der Waals surface area (Å²) in [7, 11) is 0. The van der Waals surface area contributed by atoms with Gasteiger partial charge in [-0.25, -0.2) is 9.97 Å². The summed E-state index contributed by atoms with van der Waals surface area (Å²) in [6.07, 6.45) is 2.11. The monoisotopic (exact) mass is 346 g/mol. The highest BCUT2D eigenvalue weighted by molar-refractivity contribution is 9.10. The number of aliphatic hydroxyl groups is 1. The van der Waals surface area contributed by atoms with Gasteiger partial charge in [0.1, 0.15) is 23.9 Å². The number of rotatable bonds is 6. The van der Waals surface area contributed by atoms with E-state index >= 15 is 0 Å². The van der Waals surface area contributed by atoms with Crippen molar-refractivity contribution in [1.82, 2.24) is 9.97 Å². The number of nitrogens with zero attached hydrogens (tertiary/aromatic N) is 3. The lowest BCUT2D eigenvalue weighted by molar-refractivity contribution is 0.232. The summed E-state index contributed by atoms with van der Waals surface area (Å²) >= 11 is 3.44. The predicted molar refractivity (Wildman–Crippen MR) is 83.7 cm³/mol. The zero-order chi connectivity index (χ0) is 15.1. The second-order valence-corrected chi connectivity index (χ2v) is 5.58. The molecular weight excluding hydrogens is 332 g/mol. The fourth-order valence-corrected chi connectivity index (χ4v) is 2.41. The summed E-state index contributed by atoms with van der Waals surface area (Å²) in [6, 6.07) is 11.6. The Morgan fingerprint density at radius 2 is 2.19 bits per heavy atom. The highest BCUT2D eigenvalue weighted by Gasteiger charge is 2.09. The van der Waals surface area contributed by atoms with Crippen molar-refractivity contribution in [2.24, 2.45) is 5.92 Å². The molecule has 0 amide bonds. The molecule has 6 heteroatoms. The molecule has 2 rings (SSSR count). The Morgan fingerprint density at radius 3 is 2.90 bits per heavy atom. The van der Waals surface area contributed by atoms with E-state index in [2.05, 4.69) is 31.2 Å². The second-order valence-electron chi connectivity index (χ2n) is 4.66. The molecule has 21 heavy (non-hydrogen) atoms. The first-order valence-corrected chi connectivity index (χ1v) is 7.32. The van der Waals surface area contributed by atoms with E-state index in [9.17, 15) is 5.11 Å². The number of nitriles is 1. The molecule has 0 unspecified atom stereocenters. The van der Waals surface area contributed by atoms with Crippen LogP contribution >= 0.6 is 15.9 Å². The fraction of sp³-hybridized carbons (Fsp3) is 0.267. The van der Waals surface area contributed by atoms with Crippen LogP contribution in [0.3, 0.4) is 0 Å². The molecule has 5 nitrogen and oxygen atoms in total. The molecule has 0 fully saturated rings. The third-order valence-corrected chi connectivity index (χ3v) is 3.52. The van der Waals surface area contributed by atoms with Crippen molar-refractivity contribution in [1.29, 1.82) is 5.26 Å². The number of anilines is 1. The molecule has 0 aliphatic rings. The third-order valence-electron chi connectivity index (χ3n) is 3.03. The predicted octanol–water partition coefficient (Wildman–Crippen LogP) is 2.37. The van der Waals surface area contributed by atoms with E-state index in [1.807, 2.05) is 30.3 Å². The van der Waals surface area contributed by atoms with Crippen LogP contribution < -0.4 is 5.32 Å². The largest absolute Gasteiger partial charge is 0.396 e. The lowest BCUT2D eigenvalue weighted by Gasteiger charge is -2.15. The van der Waals surface area contributed by atoms with E-state index in [0.717, 1.165) is 16.5 Å². The first-order chi connectivity index (χ1) is 10.2. The minimum Gasteiger partial charge on any atom is -0.396 e. The molecular formula is C15H15BrN4O. The van der Waals surface area contributed by atoms with Gasteiger partial charge in [-0.1, -0.05) is 28.1 Å². The smallest absolute Gasteiger partial charge is 0.145 e. The Labute approximate surface area is 131 Å². The van der Waals surface area contributed by atoms with Crippen molar-refractivity contribution in [3.8, 4) is 6.07 Å². The molecule has 0 aliphatic carbocycles. The van der Waals surface area contributed by atoms with Crippen molar-refractivity contribution >= 4 is 21.7 Å². The number of hydrogen-bond acceptors (Lipinski definition) is 5. The molecule has 0 spiro atoms. The van der Waals surface area contributed by atoms with Gasteiger partial charge in [-0.15, -0.1) is 0 Å². The van der Waals surface area contributed by atoms with Crippen LogP contribution in [0.25, 0.3) is 0 Å².